The Morgan fingerprint density at radius 2 is 2.53 bits per heavy atom. The van der Waals surface area contributed by atoms with Crippen molar-refractivity contribution in [1.29, 1.82) is 0 Å². The van der Waals surface area contributed by atoms with Crippen LogP contribution in [0.15, 0.2) is 22.8 Å². The van der Waals surface area contributed by atoms with Crippen LogP contribution in [0.25, 0.3) is 0 Å². The van der Waals surface area contributed by atoms with Crippen molar-refractivity contribution >= 4 is 17.5 Å². The molecule has 4 heteroatoms. The molecular formula is C11H14O3S. The lowest BCUT2D eigenvalue weighted by atomic mass is 10.1. The summed E-state index contributed by atoms with van der Waals surface area (Å²) in [6.45, 7) is 1.35. The number of ketones is 1. The lowest BCUT2D eigenvalue weighted by Crippen LogP contribution is -2.16. The normalized spacial score (nSPS) is 20.7. The minimum atomic E-state index is 0.133. The molecular weight excluding hydrogens is 212 g/mol. The van der Waals surface area contributed by atoms with E-state index in [1.165, 1.54) is 0 Å². The van der Waals surface area contributed by atoms with Crippen LogP contribution in [0, 0.1) is 5.92 Å². The summed E-state index contributed by atoms with van der Waals surface area (Å²) in [5.74, 6) is 2.70. The molecule has 1 atom stereocenters. The van der Waals surface area contributed by atoms with Crippen molar-refractivity contribution in [1.82, 2.24) is 0 Å². The van der Waals surface area contributed by atoms with E-state index >= 15 is 0 Å². The minimum absolute atomic E-state index is 0.133. The smallest absolute Gasteiger partial charge is 0.148 e. The van der Waals surface area contributed by atoms with Gasteiger partial charge in [0.15, 0.2) is 0 Å². The highest BCUT2D eigenvalue weighted by molar-refractivity contribution is 7.99. The summed E-state index contributed by atoms with van der Waals surface area (Å²) < 4.78 is 10.4. The van der Waals surface area contributed by atoms with Crippen molar-refractivity contribution in [2.24, 2.45) is 5.92 Å². The number of rotatable bonds is 5. The van der Waals surface area contributed by atoms with Crippen LogP contribution < -0.4 is 0 Å². The Morgan fingerprint density at radius 1 is 1.60 bits per heavy atom. The van der Waals surface area contributed by atoms with Crippen molar-refractivity contribution in [3.8, 4) is 0 Å². The van der Waals surface area contributed by atoms with Gasteiger partial charge in [-0.2, -0.15) is 0 Å². The summed E-state index contributed by atoms with van der Waals surface area (Å²) in [6, 6.07) is 3.79. The van der Waals surface area contributed by atoms with Gasteiger partial charge in [-0.25, -0.2) is 0 Å². The maximum absolute atomic E-state index is 11.6. The van der Waals surface area contributed by atoms with Gasteiger partial charge in [0, 0.05) is 12.5 Å². The first kappa shape index (κ1) is 10.8. The van der Waals surface area contributed by atoms with Crippen molar-refractivity contribution in [3.05, 3.63) is 24.2 Å². The minimum Gasteiger partial charge on any atom is -0.468 e. The molecule has 1 fully saturated rings. The Balaban J connectivity index is 1.67. The predicted octanol–water partition coefficient (Wildman–Crippen LogP) is 2.12. The number of hydrogen-bond donors (Lipinski definition) is 0. The first-order chi connectivity index (χ1) is 7.36. The molecule has 1 saturated heterocycles. The highest BCUT2D eigenvalue weighted by Gasteiger charge is 2.22. The number of carbonyl (C=O) groups excluding carboxylic acids is 1. The molecule has 3 nitrogen and oxygen atoms in total. The molecule has 0 amide bonds. The summed E-state index contributed by atoms with van der Waals surface area (Å²) in [4.78, 5) is 11.6. The Bertz CT molecular complexity index is 302. The topological polar surface area (TPSA) is 39.4 Å². The second-order valence-electron chi connectivity index (χ2n) is 3.60. The van der Waals surface area contributed by atoms with Gasteiger partial charge in [-0.3, -0.25) is 4.79 Å². The third kappa shape index (κ3) is 3.11. The van der Waals surface area contributed by atoms with E-state index < -0.39 is 0 Å². The van der Waals surface area contributed by atoms with Gasteiger partial charge in [0.05, 0.1) is 24.4 Å². The Kier molecular flexibility index (Phi) is 3.86. The van der Waals surface area contributed by atoms with Crippen LogP contribution in [0.1, 0.15) is 12.2 Å². The maximum Gasteiger partial charge on any atom is 0.148 e. The molecule has 0 aliphatic carbocycles. The molecule has 1 aliphatic rings. The van der Waals surface area contributed by atoms with E-state index in [9.17, 15) is 4.79 Å². The van der Waals surface area contributed by atoms with Crippen molar-refractivity contribution in [3.63, 3.8) is 0 Å². The molecule has 15 heavy (non-hydrogen) atoms. The fourth-order valence-corrected chi connectivity index (χ4v) is 2.46. The molecule has 1 aromatic heterocycles. The van der Waals surface area contributed by atoms with Gasteiger partial charge in [0.1, 0.15) is 11.5 Å². The lowest BCUT2D eigenvalue weighted by molar-refractivity contribution is -0.120. The molecule has 2 rings (SSSR count). The van der Waals surface area contributed by atoms with E-state index in [0.29, 0.717) is 18.1 Å². The van der Waals surface area contributed by atoms with Crippen LogP contribution in [0.5, 0.6) is 0 Å². The van der Waals surface area contributed by atoms with Crippen molar-refractivity contribution < 1.29 is 13.9 Å². The van der Waals surface area contributed by atoms with Crippen molar-refractivity contribution in [2.45, 2.75) is 12.2 Å². The van der Waals surface area contributed by atoms with Gasteiger partial charge >= 0.3 is 0 Å². The quantitative estimate of drug-likeness (QED) is 0.771. The average Bonchev–Trinajstić information content (AvgIpc) is 2.90. The van der Waals surface area contributed by atoms with Gasteiger partial charge in [-0.15, -0.1) is 11.8 Å². The lowest BCUT2D eigenvalue weighted by Gasteiger charge is -2.04. The molecule has 0 spiro atoms. The zero-order valence-electron chi connectivity index (χ0n) is 8.48. The number of thioether (sulfide) groups is 1. The monoisotopic (exact) mass is 226 g/mol. The summed E-state index contributed by atoms with van der Waals surface area (Å²) in [5, 5.41) is 0. The standard InChI is InChI=1S/C11H14O3S/c12-11(9-3-5-13-6-9)8-15-7-10-2-1-4-14-10/h1-2,4,9H,3,5-8H2. The van der Waals surface area contributed by atoms with E-state index in [1.54, 1.807) is 18.0 Å². The molecule has 1 unspecified atom stereocenters. The van der Waals surface area contributed by atoms with Gasteiger partial charge in [0.2, 0.25) is 0 Å². The number of ether oxygens (including phenoxy) is 1. The van der Waals surface area contributed by atoms with Crippen LogP contribution in [-0.2, 0) is 15.3 Å². The number of hydrogen-bond acceptors (Lipinski definition) is 4. The molecule has 1 aliphatic heterocycles. The van der Waals surface area contributed by atoms with Crippen LogP contribution in [0.3, 0.4) is 0 Å². The molecule has 2 heterocycles. The molecule has 1 aromatic rings. The third-order valence-corrected chi connectivity index (χ3v) is 3.43. The van der Waals surface area contributed by atoms with Crippen LogP contribution in [0.2, 0.25) is 0 Å². The first-order valence-corrected chi connectivity index (χ1v) is 6.22. The number of furan rings is 1. The molecule has 0 radical (unpaired) electrons. The van der Waals surface area contributed by atoms with Gasteiger partial charge in [-0.05, 0) is 18.6 Å². The largest absolute Gasteiger partial charge is 0.468 e. The van der Waals surface area contributed by atoms with Crippen LogP contribution in [0.4, 0.5) is 0 Å². The fourth-order valence-electron chi connectivity index (χ4n) is 1.55. The Labute approximate surface area is 93.2 Å². The molecule has 0 aromatic carbocycles. The van der Waals surface area contributed by atoms with E-state index in [1.807, 2.05) is 12.1 Å². The molecule has 0 saturated carbocycles. The van der Waals surface area contributed by atoms with E-state index in [0.717, 1.165) is 24.5 Å². The van der Waals surface area contributed by atoms with Gasteiger partial charge < -0.3 is 9.15 Å². The fraction of sp³-hybridized carbons (Fsp3) is 0.545. The molecule has 0 bridgehead atoms. The Morgan fingerprint density at radius 3 is 3.20 bits per heavy atom. The van der Waals surface area contributed by atoms with E-state index in [2.05, 4.69) is 0 Å². The van der Waals surface area contributed by atoms with Crippen molar-refractivity contribution in [2.75, 3.05) is 19.0 Å². The highest BCUT2D eigenvalue weighted by atomic mass is 32.2. The Hall–Kier alpha value is -0.740. The first-order valence-electron chi connectivity index (χ1n) is 5.07. The van der Waals surface area contributed by atoms with Gasteiger partial charge in [-0.1, -0.05) is 0 Å². The number of carbonyl (C=O) groups is 1. The highest BCUT2D eigenvalue weighted by Crippen LogP contribution is 2.18. The van der Waals surface area contributed by atoms with Gasteiger partial charge in [0.25, 0.3) is 0 Å². The average molecular weight is 226 g/mol. The number of Topliss-reactive ketones (excluding diaryl/α,β-unsaturated/α-hetero) is 1. The maximum atomic E-state index is 11.6. The third-order valence-electron chi connectivity index (χ3n) is 2.45. The second kappa shape index (κ2) is 5.37. The molecule has 0 N–H and O–H groups in total. The zero-order chi connectivity index (χ0) is 10.5. The van der Waals surface area contributed by atoms with E-state index in [-0.39, 0.29) is 5.92 Å². The summed E-state index contributed by atoms with van der Waals surface area (Å²) in [6.07, 6.45) is 2.54. The summed E-state index contributed by atoms with van der Waals surface area (Å²) in [7, 11) is 0. The summed E-state index contributed by atoms with van der Waals surface area (Å²) >= 11 is 1.61. The predicted molar refractivity (Wildman–Crippen MR) is 58.8 cm³/mol. The zero-order valence-corrected chi connectivity index (χ0v) is 9.29. The molecule has 82 valence electrons. The summed E-state index contributed by atoms with van der Waals surface area (Å²) in [5.41, 5.74) is 0. The van der Waals surface area contributed by atoms with Crippen LogP contribution >= 0.6 is 11.8 Å². The SMILES string of the molecule is O=C(CSCc1ccco1)C1CCOC1. The van der Waals surface area contributed by atoms with E-state index in [4.69, 9.17) is 9.15 Å². The second-order valence-corrected chi connectivity index (χ2v) is 4.58. The van der Waals surface area contributed by atoms with Crippen LogP contribution in [-0.4, -0.2) is 24.7 Å².